The van der Waals surface area contributed by atoms with Gasteiger partial charge in [-0.1, -0.05) is 30.0 Å². The van der Waals surface area contributed by atoms with E-state index in [0.717, 1.165) is 11.3 Å². The highest BCUT2D eigenvalue weighted by Crippen LogP contribution is 2.34. The maximum Gasteiger partial charge on any atom is 0.259 e. The van der Waals surface area contributed by atoms with Crippen molar-refractivity contribution in [3.63, 3.8) is 0 Å². The van der Waals surface area contributed by atoms with Gasteiger partial charge in [0.2, 0.25) is 5.91 Å². The molecule has 0 aromatic heterocycles. The molecule has 2 amide bonds. The number of amides is 2. The van der Waals surface area contributed by atoms with E-state index in [2.05, 4.69) is 15.6 Å². The second-order valence-corrected chi connectivity index (χ2v) is 7.27. The van der Waals surface area contributed by atoms with Gasteiger partial charge in [-0.05, 0) is 49.6 Å². The summed E-state index contributed by atoms with van der Waals surface area (Å²) >= 11 is 1.31. The summed E-state index contributed by atoms with van der Waals surface area (Å²) < 4.78 is 5.85. The van der Waals surface area contributed by atoms with Gasteiger partial charge in [-0.15, -0.1) is 0 Å². The molecule has 1 aliphatic heterocycles. The molecule has 0 bridgehead atoms. The predicted octanol–water partition coefficient (Wildman–Crippen LogP) is 4.57. The minimum Gasteiger partial charge on any atom is -0.490 e. The third-order valence-corrected chi connectivity index (χ3v) is 4.43. The fourth-order valence-electron chi connectivity index (χ4n) is 2.66. The van der Waals surface area contributed by atoms with E-state index in [1.807, 2.05) is 43.5 Å². The SMILES string of the molecule is CC(=O)Nc1ccccc1C(=O)NC1=Nc2cccc(OC(C)C)c2C=CS1. The normalized spacial score (nSPS) is 12.6. The second kappa shape index (κ2) is 8.75. The molecule has 1 heterocycles. The van der Waals surface area contributed by atoms with Gasteiger partial charge in [0, 0.05) is 12.5 Å². The number of para-hydroxylation sites is 1. The quantitative estimate of drug-likeness (QED) is 0.795. The predicted molar refractivity (Wildman–Crippen MR) is 114 cm³/mol. The first-order valence-corrected chi connectivity index (χ1v) is 9.71. The number of thioether (sulfide) groups is 1. The van der Waals surface area contributed by atoms with Crippen LogP contribution in [0.25, 0.3) is 6.08 Å². The smallest absolute Gasteiger partial charge is 0.259 e. The van der Waals surface area contributed by atoms with Crippen LogP contribution in [-0.4, -0.2) is 23.1 Å². The monoisotopic (exact) mass is 395 g/mol. The summed E-state index contributed by atoms with van der Waals surface area (Å²) in [5.41, 5.74) is 2.40. The van der Waals surface area contributed by atoms with Crippen molar-refractivity contribution in [2.75, 3.05) is 5.32 Å². The minimum absolute atomic E-state index is 0.0456. The summed E-state index contributed by atoms with van der Waals surface area (Å²) in [5, 5.41) is 7.79. The summed E-state index contributed by atoms with van der Waals surface area (Å²) in [7, 11) is 0. The molecule has 2 N–H and O–H groups in total. The van der Waals surface area contributed by atoms with Crippen molar-refractivity contribution in [1.29, 1.82) is 0 Å². The number of ether oxygens (including phenoxy) is 1. The molecule has 28 heavy (non-hydrogen) atoms. The van der Waals surface area contributed by atoms with Gasteiger partial charge in [0.1, 0.15) is 5.75 Å². The van der Waals surface area contributed by atoms with Gasteiger partial charge in [0.15, 0.2) is 5.17 Å². The van der Waals surface area contributed by atoms with Crippen LogP contribution in [0.1, 0.15) is 36.7 Å². The van der Waals surface area contributed by atoms with Gasteiger partial charge < -0.3 is 15.4 Å². The molecule has 0 spiro atoms. The van der Waals surface area contributed by atoms with Crippen molar-refractivity contribution in [2.24, 2.45) is 4.99 Å². The summed E-state index contributed by atoms with van der Waals surface area (Å²) in [6.07, 6.45) is 1.97. The van der Waals surface area contributed by atoms with Crippen LogP contribution in [0.3, 0.4) is 0 Å². The van der Waals surface area contributed by atoms with Crippen LogP contribution in [0.2, 0.25) is 0 Å². The topological polar surface area (TPSA) is 79.8 Å². The lowest BCUT2D eigenvalue weighted by molar-refractivity contribution is -0.114. The lowest BCUT2D eigenvalue weighted by Gasteiger charge is -2.13. The Labute approximate surface area is 168 Å². The second-order valence-electron chi connectivity index (χ2n) is 6.37. The van der Waals surface area contributed by atoms with Crippen LogP contribution in [0.4, 0.5) is 11.4 Å². The fourth-order valence-corrected chi connectivity index (χ4v) is 3.29. The molecule has 0 radical (unpaired) electrons. The van der Waals surface area contributed by atoms with Crippen LogP contribution in [0.15, 0.2) is 52.9 Å². The minimum atomic E-state index is -0.345. The average molecular weight is 395 g/mol. The number of anilines is 1. The molecule has 7 heteroatoms. The largest absolute Gasteiger partial charge is 0.490 e. The highest BCUT2D eigenvalue weighted by molar-refractivity contribution is 8.16. The Kier molecular flexibility index (Phi) is 6.16. The Balaban J connectivity index is 1.86. The summed E-state index contributed by atoms with van der Waals surface area (Å²) in [4.78, 5) is 28.7. The lowest BCUT2D eigenvalue weighted by atomic mass is 10.1. The third-order valence-electron chi connectivity index (χ3n) is 3.75. The maximum atomic E-state index is 12.7. The maximum absolute atomic E-state index is 12.7. The van der Waals surface area contributed by atoms with E-state index in [0.29, 0.717) is 22.1 Å². The molecule has 0 unspecified atom stereocenters. The average Bonchev–Trinajstić information content (AvgIpc) is 2.83. The van der Waals surface area contributed by atoms with Gasteiger partial charge in [-0.2, -0.15) is 0 Å². The molecule has 0 atom stereocenters. The van der Waals surface area contributed by atoms with E-state index in [4.69, 9.17) is 4.74 Å². The van der Waals surface area contributed by atoms with E-state index in [1.165, 1.54) is 18.7 Å². The zero-order valence-electron chi connectivity index (χ0n) is 15.9. The van der Waals surface area contributed by atoms with Crippen LogP contribution in [0.5, 0.6) is 5.75 Å². The molecule has 2 aromatic carbocycles. The number of amidine groups is 1. The Hall–Kier alpha value is -3.06. The first-order chi connectivity index (χ1) is 13.4. The number of carbonyl (C=O) groups is 2. The molecule has 0 saturated carbocycles. The van der Waals surface area contributed by atoms with Crippen molar-refractivity contribution >= 4 is 46.2 Å². The first kappa shape index (κ1) is 19.7. The van der Waals surface area contributed by atoms with E-state index in [1.54, 1.807) is 24.3 Å². The first-order valence-electron chi connectivity index (χ1n) is 8.83. The van der Waals surface area contributed by atoms with Crippen LogP contribution >= 0.6 is 11.8 Å². The molecule has 0 saturated heterocycles. The van der Waals surface area contributed by atoms with Crippen LogP contribution < -0.4 is 15.4 Å². The number of rotatable bonds is 4. The van der Waals surface area contributed by atoms with Gasteiger partial charge in [-0.25, -0.2) is 4.99 Å². The molecule has 6 nitrogen and oxygen atoms in total. The summed E-state index contributed by atoms with van der Waals surface area (Å²) in [5.74, 6) is 0.162. The number of hydrogen-bond donors (Lipinski definition) is 2. The molecule has 1 aliphatic rings. The van der Waals surface area contributed by atoms with Gasteiger partial charge in [-0.3, -0.25) is 9.59 Å². The molecule has 3 rings (SSSR count). The van der Waals surface area contributed by atoms with E-state index in [9.17, 15) is 9.59 Å². The molecule has 2 aromatic rings. The van der Waals surface area contributed by atoms with Crippen LogP contribution in [-0.2, 0) is 4.79 Å². The molecule has 0 aliphatic carbocycles. The summed E-state index contributed by atoms with van der Waals surface area (Å²) in [6.45, 7) is 5.34. The number of aliphatic imine (C=N–C) groups is 1. The Bertz CT molecular complexity index is 967. The van der Waals surface area contributed by atoms with Crippen molar-refractivity contribution in [3.8, 4) is 5.75 Å². The van der Waals surface area contributed by atoms with Gasteiger partial charge in [0.05, 0.1) is 23.0 Å². The number of nitrogens with one attached hydrogen (secondary N) is 2. The number of nitrogens with zero attached hydrogens (tertiary/aromatic N) is 1. The highest BCUT2D eigenvalue weighted by Gasteiger charge is 2.17. The van der Waals surface area contributed by atoms with Crippen molar-refractivity contribution in [1.82, 2.24) is 5.32 Å². The molecule has 144 valence electrons. The third kappa shape index (κ3) is 4.80. The lowest BCUT2D eigenvalue weighted by Crippen LogP contribution is -2.28. The highest BCUT2D eigenvalue weighted by atomic mass is 32.2. The van der Waals surface area contributed by atoms with E-state index < -0.39 is 0 Å². The standard InChI is InChI=1S/C21H21N3O3S/c1-13(2)27-19-10-6-9-17-15(19)11-12-28-21(23-17)24-20(26)16-7-4-5-8-18(16)22-14(3)25/h4-13H,1-3H3,(H,22,25)(H,23,24,26). The molecular weight excluding hydrogens is 374 g/mol. The zero-order valence-corrected chi connectivity index (χ0v) is 16.7. The number of carbonyl (C=O) groups excluding carboxylic acids is 2. The number of benzene rings is 2. The molecule has 0 fully saturated rings. The van der Waals surface area contributed by atoms with Crippen molar-refractivity contribution in [2.45, 2.75) is 26.9 Å². The Morgan fingerprint density at radius 3 is 2.61 bits per heavy atom. The summed E-state index contributed by atoms with van der Waals surface area (Å²) in [6, 6.07) is 12.5. The van der Waals surface area contributed by atoms with Gasteiger partial charge in [0.25, 0.3) is 5.91 Å². The Morgan fingerprint density at radius 1 is 1.07 bits per heavy atom. The van der Waals surface area contributed by atoms with E-state index >= 15 is 0 Å². The number of hydrogen-bond acceptors (Lipinski definition) is 5. The van der Waals surface area contributed by atoms with Gasteiger partial charge >= 0.3 is 0 Å². The fraction of sp³-hybridized carbons (Fsp3) is 0.190. The Morgan fingerprint density at radius 2 is 1.86 bits per heavy atom. The van der Waals surface area contributed by atoms with Crippen molar-refractivity contribution < 1.29 is 14.3 Å². The number of fused-ring (bicyclic) bond motifs is 1. The van der Waals surface area contributed by atoms with Crippen LogP contribution in [0, 0.1) is 0 Å². The van der Waals surface area contributed by atoms with Crippen molar-refractivity contribution in [3.05, 3.63) is 59.0 Å². The van der Waals surface area contributed by atoms with E-state index in [-0.39, 0.29) is 17.9 Å². The zero-order chi connectivity index (χ0) is 20.1. The molecular formula is C21H21N3O3S.